The van der Waals surface area contributed by atoms with Gasteiger partial charge in [0.2, 0.25) is 0 Å². The zero-order chi connectivity index (χ0) is 46.6. The van der Waals surface area contributed by atoms with Gasteiger partial charge in [-0.3, -0.25) is 20.0 Å². The second-order valence-corrected chi connectivity index (χ2v) is 16.9. The van der Waals surface area contributed by atoms with Crippen LogP contribution in [0.1, 0.15) is 154 Å². The van der Waals surface area contributed by atoms with Gasteiger partial charge in [0.25, 0.3) is 0 Å². The van der Waals surface area contributed by atoms with Crippen LogP contribution in [0, 0.1) is 11.8 Å². The van der Waals surface area contributed by atoms with E-state index in [1.54, 1.807) is 0 Å². The number of guanidine groups is 4. The first-order chi connectivity index (χ1) is 30.2. The van der Waals surface area contributed by atoms with Crippen molar-refractivity contribution in [1.29, 1.82) is 0 Å². The van der Waals surface area contributed by atoms with Crippen LogP contribution in [0.5, 0.6) is 0 Å². The molecule has 0 unspecified atom stereocenters. The van der Waals surface area contributed by atoms with Crippen molar-refractivity contribution in [3.8, 4) is 0 Å². The van der Waals surface area contributed by atoms with E-state index in [1.807, 2.05) is 0 Å². The third-order valence-corrected chi connectivity index (χ3v) is 10.8. The number of carbonyl (C=O) groups is 2. The highest BCUT2D eigenvalue weighted by Crippen LogP contribution is 2.29. The first kappa shape index (κ1) is 56.6. The number of carbonyl (C=O) groups excluding carboxylic acids is 1. The van der Waals surface area contributed by atoms with E-state index in [9.17, 15) is 18.0 Å². The number of alkyl halides is 3. The molecule has 17 nitrogen and oxygen atoms in total. The molecule has 0 bridgehead atoms. The lowest BCUT2D eigenvalue weighted by atomic mass is 10.1. The molecule has 63 heavy (non-hydrogen) atoms. The monoisotopic (exact) mass is 903 g/mol. The van der Waals surface area contributed by atoms with Crippen LogP contribution in [0.25, 0.3) is 0 Å². The predicted molar refractivity (Wildman–Crippen MR) is 250 cm³/mol. The van der Waals surface area contributed by atoms with Crippen molar-refractivity contribution < 1.29 is 27.9 Å². The smallest absolute Gasteiger partial charge is 0.475 e. The molecular weight excluding hydrogens is 818 g/mol. The van der Waals surface area contributed by atoms with E-state index in [0.29, 0.717) is 25.0 Å². The van der Waals surface area contributed by atoms with Gasteiger partial charge in [-0.15, -0.1) is 0 Å². The number of nitrogens with zero attached hydrogens (tertiary/aromatic N) is 6. The highest BCUT2D eigenvalue weighted by atomic mass is 19.4. The second-order valence-electron chi connectivity index (χ2n) is 16.9. The summed E-state index contributed by atoms with van der Waals surface area (Å²) in [5.74, 6) is 0.215. The van der Waals surface area contributed by atoms with E-state index >= 15 is 0 Å². The molecule has 0 aromatic heterocycles. The van der Waals surface area contributed by atoms with Gasteiger partial charge in [-0.25, -0.2) is 9.59 Å². The van der Waals surface area contributed by atoms with Gasteiger partial charge in [0.15, 0.2) is 23.8 Å². The SMILES string of the molecule is NC(N)=NCCCCCCCN(CCCCCCCNC(N)=NCC1CC1)C(=O)N(CCCCCCCN=C(N)N)CCCCCCCNC(N)=NCC1CC1.O=C(O)C(F)(F)F. The molecule has 2 aliphatic carbocycles. The van der Waals surface area contributed by atoms with Crippen LogP contribution in [-0.2, 0) is 4.79 Å². The zero-order valence-electron chi connectivity index (χ0n) is 38.2. The minimum Gasteiger partial charge on any atom is -0.475 e. The minimum atomic E-state index is -5.08. The predicted octanol–water partition coefficient (Wildman–Crippen LogP) is 5.32. The lowest BCUT2D eigenvalue weighted by molar-refractivity contribution is -0.192. The zero-order valence-corrected chi connectivity index (χ0v) is 38.2. The minimum absolute atomic E-state index is 0.157. The summed E-state index contributed by atoms with van der Waals surface area (Å²) in [4.78, 5) is 44.5. The van der Waals surface area contributed by atoms with Crippen molar-refractivity contribution >= 4 is 35.8 Å². The Labute approximate surface area is 375 Å². The molecule has 0 aromatic rings. The van der Waals surface area contributed by atoms with Gasteiger partial charge < -0.3 is 59.9 Å². The number of unbranched alkanes of at least 4 members (excludes halogenated alkanes) is 16. The second kappa shape index (κ2) is 36.0. The highest BCUT2D eigenvalue weighted by molar-refractivity contribution is 5.78. The standard InChI is InChI=1S/C41H84N14O.C2HF3O2/c42-37(43)48-25-13-5-1-9-17-29-54(31-19-11-3-7-15-27-50-39(46)52-33-35-21-22-35)41(56)55(30-18-10-2-6-14-26-49-38(44)45)32-20-12-4-8-16-28-51-40(47)53-34-36-23-24-36;3-2(4,5)1(6)7/h35-36H,1-34H2,(H4,42,43,48)(H4,44,45,49)(H3,46,50,52)(H3,47,51,53);(H,6,7). The number of carboxylic acids is 1. The number of halogens is 3. The topological polar surface area (TPSA) is 290 Å². The molecule has 2 rings (SSSR count). The highest BCUT2D eigenvalue weighted by Gasteiger charge is 2.38. The molecule has 0 radical (unpaired) electrons. The number of aliphatic imine (C=N–C) groups is 4. The summed E-state index contributed by atoms with van der Waals surface area (Å²) in [5, 5.41) is 13.6. The van der Waals surface area contributed by atoms with Gasteiger partial charge in [0, 0.05) is 65.4 Å². The Hall–Kier alpha value is -4.39. The largest absolute Gasteiger partial charge is 0.490 e. The van der Waals surface area contributed by atoms with E-state index in [4.69, 9.17) is 44.3 Å². The first-order valence-electron chi connectivity index (χ1n) is 23.7. The van der Waals surface area contributed by atoms with E-state index in [1.165, 1.54) is 25.7 Å². The van der Waals surface area contributed by atoms with E-state index in [2.05, 4.69) is 40.4 Å². The maximum absolute atomic E-state index is 14.2. The Bertz CT molecular complexity index is 1240. The third kappa shape index (κ3) is 36.8. The van der Waals surface area contributed by atoms with Crippen molar-refractivity contribution in [3.63, 3.8) is 0 Å². The maximum atomic E-state index is 14.2. The normalized spacial score (nSPS) is 14.0. The van der Waals surface area contributed by atoms with Gasteiger partial charge in [-0.05, 0) is 88.9 Å². The van der Waals surface area contributed by atoms with Gasteiger partial charge >= 0.3 is 18.2 Å². The lowest BCUT2D eigenvalue weighted by Gasteiger charge is -2.31. The summed E-state index contributed by atoms with van der Waals surface area (Å²) in [6, 6.07) is 0.209. The van der Waals surface area contributed by atoms with Crippen molar-refractivity contribution in [2.45, 2.75) is 160 Å². The Balaban J connectivity index is 0.00000260. The molecule has 2 fully saturated rings. The van der Waals surface area contributed by atoms with Gasteiger partial charge in [0.05, 0.1) is 0 Å². The number of hydrogen-bond acceptors (Lipinski definition) is 6. The van der Waals surface area contributed by atoms with Crippen LogP contribution >= 0.6 is 0 Å². The number of aliphatic carboxylic acids is 1. The molecule has 0 heterocycles. The number of nitrogens with two attached hydrogens (primary N) is 6. The van der Waals surface area contributed by atoms with E-state index < -0.39 is 12.1 Å². The Morgan fingerprint density at radius 1 is 0.492 bits per heavy atom. The fraction of sp³-hybridized carbons (Fsp3) is 0.860. The summed E-state index contributed by atoms with van der Waals surface area (Å²) in [6.07, 6.45) is 21.7. The average molecular weight is 903 g/mol. The van der Waals surface area contributed by atoms with Crippen molar-refractivity contribution in [3.05, 3.63) is 0 Å². The molecule has 0 saturated heterocycles. The lowest BCUT2D eigenvalue weighted by Crippen LogP contribution is -2.45. The fourth-order valence-electron chi connectivity index (χ4n) is 6.63. The molecule has 0 aliphatic heterocycles. The molecule has 0 atom stereocenters. The van der Waals surface area contributed by atoms with Gasteiger partial charge in [0.1, 0.15) is 0 Å². The number of amides is 2. The van der Waals surface area contributed by atoms with Crippen molar-refractivity contribution in [2.24, 2.45) is 66.2 Å². The maximum Gasteiger partial charge on any atom is 0.490 e. The molecule has 15 N–H and O–H groups in total. The van der Waals surface area contributed by atoms with Crippen LogP contribution in [0.4, 0.5) is 18.0 Å². The summed E-state index contributed by atoms with van der Waals surface area (Å²) in [5.41, 5.74) is 33.9. The number of hydrogen-bond donors (Lipinski definition) is 9. The van der Waals surface area contributed by atoms with Crippen LogP contribution in [0.2, 0.25) is 0 Å². The van der Waals surface area contributed by atoms with Crippen molar-refractivity contribution in [1.82, 2.24) is 20.4 Å². The number of nitrogens with one attached hydrogen (secondary N) is 2. The Morgan fingerprint density at radius 2 is 0.778 bits per heavy atom. The Kier molecular flexibility index (Phi) is 32.4. The van der Waals surface area contributed by atoms with Crippen LogP contribution < -0.4 is 45.0 Å². The van der Waals surface area contributed by atoms with Gasteiger partial charge in [-0.2, -0.15) is 13.2 Å². The molecule has 2 saturated carbocycles. The molecule has 2 aliphatic rings. The summed E-state index contributed by atoms with van der Waals surface area (Å²) >= 11 is 0. The number of urea groups is 1. The third-order valence-electron chi connectivity index (χ3n) is 10.8. The quantitative estimate of drug-likeness (QED) is 0.0220. The van der Waals surface area contributed by atoms with E-state index in [0.717, 1.165) is 193 Å². The average Bonchev–Trinajstić information content (AvgIpc) is 4.17. The molecule has 366 valence electrons. The van der Waals surface area contributed by atoms with E-state index in [-0.39, 0.29) is 18.0 Å². The van der Waals surface area contributed by atoms with Gasteiger partial charge in [-0.1, -0.05) is 77.0 Å². The van der Waals surface area contributed by atoms with Crippen LogP contribution in [-0.4, -0.2) is 122 Å². The number of rotatable bonds is 36. The van der Waals surface area contributed by atoms with Crippen molar-refractivity contribution in [2.75, 3.05) is 65.4 Å². The summed E-state index contributed by atoms with van der Waals surface area (Å²) < 4.78 is 31.7. The summed E-state index contributed by atoms with van der Waals surface area (Å²) in [7, 11) is 0. The first-order valence-corrected chi connectivity index (χ1v) is 23.7. The Morgan fingerprint density at radius 3 is 1.06 bits per heavy atom. The fourth-order valence-corrected chi connectivity index (χ4v) is 6.63. The van der Waals surface area contributed by atoms with Crippen LogP contribution in [0.15, 0.2) is 20.0 Å². The van der Waals surface area contributed by atoms with Crippen LogP contribution in [0.3, 0.4) is 0 Å². The number of carboxylic acid groups (broad SMARTS) is 1. The molecular formula is C43H85F3N14O3. The molecule has 20 heteroatoms. The molecule has 2 amide bonds. The molecule has 0 spiro atoms. The summed E-state index contributed by atoms with van der Waals surface area (Å²) in [6.45, 7) is 8.02. The molecule has 0 aromatic carbocycles.